The molecular weight excluding hydrogens is 508 g/mol. The van der Waals surface area contributed by atoms with E-state index in [9.17, 15) is 27.9 Å². The average Bonchev–Trinajstić information content (AvgIpc) is 2.97. The van der Waals surface area contributed by atoms with E-state index in [-0.39, 0.29) is 28.4 Å². The number of halogens is 5. The molecule has 12 heteroatoms. The average molecular weight is 534 g/mol. The predicted molar refractivity (Wildman–Crippen MR) is 123 cm³/mol. The van der Waals surface area contributed by atoms with Crippen LogP contribution in [0.3, 0.4) is 0 Å². The van der Waals surface area contributed by atoms with Gasteiger partial charge in [0, 0.05) is 16.1 Å². The number of fused-ring (bicyclic) bond motifs is 1. The van der Waals surface area contributed by atoms with Gasteiger partial charge in [0.1, 0.15) is 18.4 Å². The van der Waals surface area contributed by atoms with Crippen LogP contribution in [0.15, 0.2) is 36.4 Å². The first-order valence-electron chi connectivity index (χ1n) is 10.8. The highest BCUT2D eigenvalue weighted by molar-refractivity contribution is 6.30. The normalized spacial score (nSPS) is 18.7. The zero-order valence-electron chi connectivity index (χ0n) is 20.0. The predicted octanol–water partition coefficient (Wildman–Crippen LogP) is 3.89. The number of quaternary nitrogens is 1. The van der Waals surface area contributed by atoms with Gasteiger partial charge in [-0.2, -0.15) is 13.2 Å². The van der Waals surface area contributed by atoms with Crippen LogP contribution < -0.4 is 9.64 Å². The molecule has 1 aliphatic rings. The van der Waals surface area contributed by atoms with Gasteiger partial charge in [-0.3, -0.25) is 14.5 Å². The summed E-state index contributed by atoms with van der Waals surface area (Å²) in [5, 5.41) is 10.2. The third kappa shape index (κ3) is 5.58. The fourth-order valence-corrected chi connectivity index (χ4v) is 4.23. The lowest BCUT2D eigenvalue weighted by atomic mass is 9.88. The third-order valence-corrected chi connectivity index (χ3v) is 5.81. The maximum absolute atomic E-state index is 16.7. The summed E-state index contributed by atoms with van der Waals surface area (Å²) in [6.45, 7) is -0.644. The van der Waals surface area contributed by atoms with Crippen LogP contribution in [0.1, 0.15) is 23.1 Å². The zero-order valence-corrected chi connectivity index (χ0v) is 20.8. The number of ether oxygens (including phenoxy) is 2. The number of likely N-dealkylation sites (N-methyl/N-ethyl adjacent to an activating group) is 1. The Hall–Kier alpha value is -2.89. The molecule has 196 valence electrons. The molecule has 1 amide bonds. The molecule has 2 atom stereocenters. The van der Waals surface area contributed by atoms with Gasteiger partial charge in [0.15, 0.2) is 6.73 Å². The summed E-state index contributed by atoms with van der Waals surface area (Å²) in [5.74, 6) is -2.24. The maximum Gasteiger partial charge on any atom is 0.416 e. The number of carbonyl (C=O) groups is 2. The van der Waals surface area contributed by atoms with Crippen molar-refractivity contribution in [2.24, 2.45) is 0 Å². The number of anilines is 1. The van der Waals surface area contributed by atoms with Crippen molar-refractivity contribution in [3.8, 4) is 5.75 Å². The second-order valence-electron chi connectivity index (χ2n) is 9.44. The summed E-state index contributed by atoms with van der Waals surface area (Å²) < 4.78 is 67.5. The highest BCUT2D eigenvalue weighted by Crippen LogP contribution is 2.51. The lowest BCUT2D eigenvalue weighted by molar-refractivity contribution is -0.873. The number of alkyl halides is 4. The fraction of sp³-hybridized carbons (Fsp3) is 0.417. The molecule has 7 nitrogen and oxygen atoms in total. The van der Waals surface area contributed by atoms with Gasteiger partial charge < -0.3 is 19.1 Å². The first-order valence-corrected chi connectivity index (χ1v) is 11.2. The molecular formula is C24H26ClF4N2O5+. The molecule has 0 saturated carbocycles. The molecule has 0 saturated heterocycles. The van der Waals surface area contributed by atoms with E-state index >= 15 is 4.39 Å². The number of nitrogens with zero attached hydrogens (tertiary/aromatic N) is 2. The Balaban J connectivity index is 1.99. The molecule has 2 aromatic rings. The molecule has 0 radical (unpaired) electrons. The molecule has 0 aliphatic carbocycles. The molecule has 1 N–H and O–H groups in total. The van der Waals surface area contributed by atoms with Crippen LogP contribution in [-0.2, 0) is 26.2 Å². The third-order valence-electron chi connectivity index (χ3n) is 5.57. The first-order chi connectivity index (χ1) is 16.6. The van der Waals surface area contributed by atoms with Gasteiger partial charge in [-0.05, 0) is 30.3 Å². The Morgan fingerprint density at radius 1 is 1.17 bits per heavy atom. The molecule has 0 aromatic heterocycles. The van der Waals surface area contributed by atoms with Crippen molar-refractivity contribution in [3.63, 3.8) is 0 Å². The lowest BCUT2D eigenvalue weighted by Crippen LogP contribution is -2.43. The highest BCUT2D eigenvalue weighted by Gasteiger charge is 2.55. The number of methoxy groups -OCH3 is 1. The standard InChI is InChI=1S/C24H26ClF4N2O5/c1-31(2,3)12-16(32)11-21(33)36-13-30-19-9-14(24(27,28)29)5-7-17(19)23(26,22(30)34)18-10-15(25)6-8-20(18)35-4/h5-10,16,32H,11-13H2,1-4H3/q+1. The summed E-state index contributed by atoms with van der Waals surface area (Å²) in [6, 6.07) is 6.02. The van der Waals surface area contributed by atoms with Crippen LogP contribution in [0, 0.1) is 0 Å². The summed E-state index contributed by atoms with van der Waals surface area (Å²) in [7, 11) is 6.65. The van der Waals surface area contributed by atoms with Gasteiger partial charge in [-0.1, -0.05) is 17.7 Å². The monoisotopic (exact) mass is 533 g/mol. The Labute approximate surface area is 210 Å². The van der Waals surface area contributed by atoms with E-state index < -0.39 is 54.2 Å². The molecule has 0 spiro atoms. The Morgan fingerprint density at radius 3 is 2.42 bits per heavy atom. The number of carbonyl (C=O) groups excluding carboxylic acids is 2. The summed E-state index contributed by atoms with van der Waals surface area (Å²) in [5.41, 5.74) is -5.20. The topological polar surface area (TPSA) is 76.1 Å². The largest absolute Gasteiger partial charge is 0.496 e. The summed E-state index contributed by atoms with van der Waals surface area (Å²) >= 11 is 6.02. The minimum atomic E-state index is -4.77. The molecule has 1 heterocycles. The van der Waals surface area contributed by atoms with Gasteiger partial charge in [0.25, 0.3) is 5.91 Å². The number of esters is 1. The van der Waals surface area contributed by atoms with E-state index in [1.165, 1.54) is 19.2 Å². The van der Waals surface area contributed by atoms with Crippen molar-refractivity contribution < 1.29 is 46.2 Å². The van der Waals surface area contributed by atoms with Gasteiger partial charge in [-0.15, -0.1) is 0 Å². The van der Waals surface area contributed by atoms with E-state index in [2.05, 4.69) is 0 Å². The maximum atomic E-state index is 16.7. The van der Waals surface area contributed by atoms with E-state index in [4.69, 9.17) is 21.1 Å². The minimum absolute atomic E-state index is 0.0524. The van der Waals surface area contributed by atoms with Crippen molar-refractivity contribution in [2.75, 3.05) is 46.4 Å². The Bertz CT molecular complexity index is 1170. The van der Waals surface area contributed by atoms with Crippen LogP contribution in [0.4, 0.5) is 23.2 Å². The molecule has 1 aliphatic heterocycles. The van der Waals surface area contributed by atoms with Crippen molar-refractivity contribution in [3.05, 3.63) is 58.1 Å². The van der Waals surface area contributed by atoms with E-state index in [1.54, 1.807) is 21.1 Å². The molecule has 3 rings (SSSR count). The second-order valence-corrected chi connectivity index (χ2v) is 9.88. The minimum Gasteiger partial charge on any atom is -0.496 e. The molecule has 2 unspecified atom stereocenters. The van der Waals surface area contributed by atoms with Crippen molar-refractivity contribution in [1.82, 2.24) is 0 Å². The Kier molecular flexibility index (Phi) is 7.59. The van der Waals surface area contributed by atoms with Crippen LogP contribution in [-0.4, -0.2) is 69.1 Å². The smallest absolute Gasteiger partial charge is 0.416 e. The number of amides is 1. The second kappa shape index (κ2) is 9.87. The number of hydrogen-bond acceptors (Lipinski definition) is 5. The summed E-state index contributed by atoms with van der Waals surface area (Å²) in [6.07, 6.45) is -6.26. The molecule has 2 aromatic carbocycles. The first kappa shape index (κ1) is 27.7. The highest BCUT2D eigenvalue weighted by atomic mass is 35.5. The zero-order chi connectivity index (χ0) is 27.1. The SMILES string of the molecule is COc1ccc(Cl)cc1C1(F)C(=O)N(COC(=O)CC(O)C[N+](C)(C)C)c2cc(C(F)(F)F)ccc21. The molecule has 0 bridgehead atoms. The Morgan fingerprint density at radius 2 is 1.83 bits per heavy atom. The number of hydrogen-bond donors (Lipinski definition) is 1. The van der Waals surface area contributed by atoms with E-state index in [0.29, 0.717) is 21.5 Å². The van der Waals surface area contributed by atoms with Gasteiger partial charge in [-0.25, -0.2) is 4.39 Å². The van der Waals surface area contributed by atoms with Crippen LogP contribution in [0.2, 0.25) is 5.02 Å². The van der Waals surface area contributed by atoms with Crippen LogP contribution in [0.5, 0.6) is 5.75 Å². The van der Waals surface area contributed by atoms with Crippen molar-refractivity contribution in [1.29, 1.82) is 0 Å². The van der Waals surface area contributed by atoms with Gasteiger partial charge in [0.05, 0.1) is 45.9 Å². The molecule has 0 fully saturated rings. The van der Waals surface area contributed by atoms with Crippen LogP contribution >= 0.6 is 11.6 Å². The van der Waals surface area contributed by atoms with Gasteiger partial charge >= 0.3 is 12.1 Å². The quantitative estimate of drug-likeness (QED) is 0.317. The number of benzene rings is 2. The van der Waals surface area contributed by atoms with Gasteiger partial charge in [0.2, 0.25) is 5.67 Å². The van der Waals surface area contributed by atoms with E-state index in [1.807, 2.05) is 0 Å². The number of rotatable bonds is 8. The fourth-order valence-electron chi connectivity index (χ4n) is 4.06. The van der Waals surface area contributed by atoms with E-state index in [0.717, 1.165) is 12.1 Å². The van der Waals surface area contributed by atoms with Crippen molar-refractivity contribution in [2.45, 2.75) is 24.4 Å². The van der Waals surface area contributed by atoms with Crippen LogP contribution in [0.25, 0.3) is 0 Å². The number of aliphatic hydroxyl groups is 1. The van der Waals surface area contributed by atoms with Crippen molar-refractivity contribution >= 4 is 29.2 Å². The lowest BCUT2D eigenvalue weighted by Gasteiger charge is -2.26. The number of aliphatic hydroxyl groups excluding tert-OH is 1. The molecule has 36 heavy (non-hydrogen) atoms. The summed E-state index contributed by atoms with van der Waals surface area (Å²) in [4.78, 5) is 26.3.